The van der Waals surface area contributed by atoms with Crippen LogP contribution in [0.4, 0.5) is 8.78 Å². The largest absolute Gasteiger partial charge is 0.366 e. The molecule has 0 unspecified atom stereocenters. The van der Waals surface area contributed by atoms with Crippen LogP contribution < -0.4 is 5.73 Å². The van der Waals surface area contributed by atoms with Gasteiger partial charge in [0.1, 0.15) is 11.6 Å². The van der Waals surface area contributed by atoms with E-state index >= 15 is 0 Å². The molecule has 0 bridgehead atoms. The van der Waals surface area contributed by atoms with E-state index in [1.54, 1.807) is 24.3 Å². The van der Waals surface area contributed by atoms with Crippen molar-refractivity contribution in [3.63, 3.8) is 0 Å². The number of halogens is 2. The highest BCUT2D eigenvalue weighted by atomic mass is 32.2. The van der Waals surface area contributed by atoms with Crippen LogP contribution >= 0.6 is 0 Å². The Morgan fingerprint density at radius 1 is 0.800 bits per heavy atom. The Labute approximate surface area is 171 Å². The van der Waals surface area contributed by atoms with Crippen LogP contribution in [0.2, 0.25) is 0 Å². The summed E-state index contributed by atoms with van der Waals surface area (Å²) in [7, 11) is -3.98. The normalized spacial score (nSPS) is 11.5. The summed E-state index contributed by atoms with van der Waals surface area (Å²) in [5.41, 5.74) is 6.01. The molecule has 0 saturated carbocycles. The molecule has 4 nitrogen and oxygen atoms in total. The van der Waals surface area contributed by atoms with Crippen LogP contribution in [0, 0.1) is 11.6 Å². The number of carbonyl (C=O) groups excluding carboxylic acids is 1. The van der Waals surface area contributed by atoms with Crippen LogP contribution in [0.25, 0.3) is 21.9 Å². The lowest BCUT2D eigenvalue weighted by Crippen LogP contribution is -2.16. The molecule has 0 fully saturated rings. The first-order valence-corrected chi connectivity index (χ1v) is 10.4. The molecule has 0 atom stereocenters. The van der Waals surface area contributed by atoms with Gasteiger partial charge in [-0.1, -0.05) is 30.3 Å². The van der Waals surface area contributed by atoms with E-state index in [9.17, 15) is 22.0 Å². The number of benzene rings is 4. The number of hydrogen-bond donors (Lipinski definition) is 1. The summed E-state index contributed by atoms with van der Waals surface area (Å²) in [6.07, 6.45) is 0. The second-order valence-corrected chi connectivity index (χ2v) is 8.63. The van der Waals surface area contributed by atoms with Crippen molar-refractivity contribution < 1.29 is 22.0 Å². The van der Waals surface area contributed by atoms with Crippen LogP contribution in [0.3, 0.4) is 0 Å². The van der Waals surface area contributed by atoms with Crippen LogP contribution in [-0.2, 0) is 9.84 Å². The maximum absolute atomic E-state index is 14.1. The number of rotatable bonds is 4. The lowest BCUT2D eigenvalue weighted by atomic mass is 10.0. The molecule has 0 spiro atoms. The quantitative estimate of drug-likeness (QED) is 0.516. The van der Waals surface area contributed by atoms with Gasteiger partial charge in [-0.05, 0) is 58.8 Å². The molecule has 0 radical (unpaired) electrons. The summed E-state index contributed by atoms with van der Waals surface area (Å²) >= 11 is 0. The fraction of sp³-hybridized carbons (Fsp3) is 0. The van der Waals surface area contributed by atoms with Crippen molar-refractivity contribution in [2.45, 2.75) is 9.79 Å². The third kappa shape index (κ3) is 3.44. The Morgan fingerprint density at radius 3 is 2.23 bits per heavy atom. The predicted molar refractivity (Wildman–Crippen MR) is 110 cm³/mol. The van der Waals surface area contributed by atoms with Crippen molar-refractivity contribution in [1.82, 2.24) is 0 Å². The van der Waals surface area contributed by atoms with E-state index in [-0.39, 0.29) is 20.9 Å². The Hall–Kier alpha value is -3.58. The minimum atomic E-state index is -3.98. The number of carbonyl (C=O) groups is 1. The van der Waals surface area contributed by atoms with Gasteiger partial charge in [0, 0.05) is 11.6 Å². The van der Waals surface area contributed by atoms with Crippen LogP contribution in [0.5, 0.6) is 0 Å². The average Bonchev–Trinajstić information content (AvgIpc) is 2.73. The highest BCUT2D eigenvalue weighted by Crippen LogP contribution is 2.30. The summed E-state index contributed by atoms with van der Waals surface area (Å²) in [6, 6.07) is 18.6. The molecule has 0 aliphatic rings. The van der Waals surface area contributed by atoms with Gasteiger partial charge in [-0.25, -0.2) is 17.2 Å². The SMILES string of the molecule is NC(=O)c1ccccc1S(=O)(=O)c1ccc2cc(-c3ccc(F)cc3F)ccc2c1. The van der Waals surface area contributed by atoms with Crippen molar-refractivity contribution in [2.75, 3.05) is 0 Å². The maximum Gasteiger partial charge on any atom is 0.250 e. The third-order valence-corrected chi connectivity index (χ3v) is 6.62. The van der Waals surface area contributed by atoms with Gasteiger partial charge in [0.05, 0.1) is 15.4 Å². The fourth-order valence-corrected chi connectivity index (χ4v) is 4.81. The molecular formula is C23H15F2NO3S. The van der Waals surface area contributed by atoms with Crippen molar-refractivity contribution in [1.29, 1.82) is 0 Å². The molecule has 2 N–H and O–H groups in total. The molecule has 7 heteroatoms. The number of primary amides is 1. The second-order valence-electron chi connectivity index (χ2n) is 6.71. The molecule has 1 amide bonds. The average molecular weight is 423 g/mol. The van der Waals surface area contributed by atoms with Crippen molar-refractivity contribution in [2.24, 2.45) is 5.73 Å². The smallest absolute Gasteiger partial charge is 0.250 e. The second kappa shape index (κ2) is 7.35. The van der Waals surface area contributed by atoms with Crippen LogP contribution in [-0.4, -0.2) is 14.3 Å². The molecule has 30 heavy (non-hydrogen) atoms. The molecule has 4 aromatic carbocycles. The van der Waals surface area contributed by atoms with Gasteiger partial charge in [-0.2, -0.15) is 0 Å². The number of fused-ring (bicyclic) bond motifs is 1. The van der Waals surface area contributed by atoms with E-state index in [0.29, 0.717) is 16.3 Å². The van der Waals surface area contributed by atoms with Crippen molar-refractivity contribution in [3.05, 3.63) is 96.1 Å². The Kier molecular flexibility index (Phi) is 4.83. The molecule has 0 aliphatic carbocycles. The molecule has 4 aromatic rings. The summed E-state index contributed by atoms with van der Waals surface area (Å²) in [5.74, 6) is -2.18. The first kappa shape index (κ1) is 19.7. The summed E-state index contributed by atoms with van der Waals surface area (Å²) in [4.78, 5) is 11.5. The Balaban J connectivity index is 1.80. The summed E-state index contributed by atoms with van der Waals surface area (Å²) < 4.78 is 53.4. The molecule has 0 aromatic heterocycles. The van der Waals surface area contributed by atoms with Crippen LogP contribution in [0.15, 0.2) is 88.7 Å². The fourth-order valence-electron chi connectivity index (χ4n) is 3.31. The molecule has 0 heterocycles. The van der Waals surface area contributed by atoms with Gasteiger partial charge in [0.15, 0.2) is 0 Å². The minimum Gasteiger partial charge on any atom is -0.366 e. The van der Waals surface area contributed by atoms with Gasteiger partial charge < -0.3 is 5.73 Å². The van der Waals surface area contributed by atoms with E-state index in [4.69, 9.17) is 5.73 Å². The maximum atomic E-state index is 14.1. The lowest BCUT2D eigenvalue weighted by Gasteiger charge is -2.10. The van der Waals surface area contributed by atoms with Crippen molar-refractivity contribution >= 4 is 26.5 Å². The summed E-state index contributed by atoms with van der Waals surface area (Å²) in [5, 5.41) is 1.29. The minimum absolute atomic E-state index is 0.00409. The van der Waals surface area contributed by atoms with Gasteiger partial charge in [-0.15, -0.1) is 0 Å². The first-order chi connectivity index (χ1) is 14.3. The van der Waals surface area contributed by atoms with E-state index < -0.39 is 27.4 Å². The predicted octanol–water partition coefficient (Wildman–Crippen LogP) is 4.72. The zero-order valence-electron chi connectivity index (χ0n) is 15.5. The number of hydrogen-bond acceptors (Lipinski definition) is 3. The number of sulfone groups is 1. The highest BCUT2D eigenvalue weighted by Gasteiger charge is 2.23. The summed E-state index contributed by atoms with van der Waals surface area (Å²) in [6.45, 7) is 0. The van der Waals surface area contributed by atoms with E-state index in [0.717, 1.165) is 6.07 Å². The van der Waals surface area contributed by atoms with E-state index in [2.05, 4.69) is 0 Å². The molecule has 150 valence electrons. The van der Waals surface area contributed by atoms with Gasteiger partial charge in [-0.3, -0.25) is 4.79 Å². The monoisotopic (exact) mass is 423 g/mol. The Morgan fingerprint density at radius 2 is 1.50 bits per heavy atom. The highest BCUT2D eigenvalue weighted by molar-refractivity contribution is 7.91. The van der Waals surface area contributed by atoms with E-state index in [1.807, 2.05) is 0 Å². The number of amides is 1. The zero-order chi connectivity index (χ0) is 21.5. The van der Waals surface area contributed by atoms with Crippen molar-refractivity contribution in [3.8, 4) is 11.1 Å². The van der Waals surface area contributed by atoms with Gasteiger partial charge in [0.25, 0.3) is 0 Å². The molecule has 0 saturated heterocycles. The molecule has 4 rings (SSSR count). The number of nitrogens with two attached hydrogens (primary N) is 1. The topological polar surface area (TPSA) is 77.2 Å². The standard InChI is InChI=1S/C23H15F2NO3S/c24-17-8-10-19(21(25)13-17)16-6-5-15-12-18(9-7-14(15)11-16)30(28,29)22-4-2-1-3-20(22)23(26)27/h1-13H,(H2,26,27). The van der Waals surface area contributed by atoms with E-state index in [1.165, 1.54) is 48.5 Å². The van der Waals surface area contributed by atoms with Gasteiger partial charge in [0.2, 0.25) is 15.7 Å². The lowest BCUT2D eigenvalue weighted by molar-refractivity contribution is 0.0997. The van der Waals surface area contributed by atoms with Gasteiger partial charge >= 0.3 is 0 Å². The molecule has 0 aliphatic heterocycles. The zero-order valence-corrected chi connectivity index (χ0v) is 16.3. The Bertz CT molecular complexity index is 1420. The molecular weight excluding hydrogens is 408 g/mol. The first-order valence-electron chi connectivity index (χ1n) is 8.90. The third-order valence-electron chi connectivity index (χ3n) is 4.81. The van der Waals surface area contributed by atoms with Crippen LogP contribution in [0.1, 0.15) is 10.4 Å².